The van der Waals surface area contributed by atoms with Crippen molar-refractivity contribution in [3.05, 3.63) is 56.6 Å². The van der Waals surface area contributed by atoms with Gasteiger partial charge in [-0.25, -0.2) is 0 Å². The van der Waals surface area contributed by atoms with E-state index < -0.39 is 0 Å². The Bertz CT molecular complexity index is 783. The molecule has 0 fully saturated rings. The van der Waals surface area contributed by atoms with Gasteiger partial charge in [-0.2, -0.15) is 0 Å². The maximum atomic E-state index is 12.3. The number of anilines is 1. The minimum absolute atomic E-state index is 0.182. The van der Waals surface area contributed by atoms with Gasteiger partial charge in [0.1, 0.15) is 5.75 Å². The quantitative estimate of drug-likeness (QED) is 0.454. The minimum atomic E-state index is -0.311. The first-order valence-electron chi connectivity index (χ1n) is 7.65. The van der Waals surface area contributed by atoms with Crippen molar-refractivity contribution >= 4 is 63.1 Å². The molecular formula is C18H18ClIN2O2S. The molecule has 1 amide bonds. The van der Waals surface area contributed by atoms with Gasteiger partial charge in [0.25, 0.3) is 5.91 Å². The van der Waals surface area contributed by atoms with Crippen LogP contribution in [0.25, 0.3) is 0 Å². The first kappa shape index (κ1) is 19.9. The molecule has 0 heterocycles. The summed E-state index contributed by atoms with van der Waals surface area (Å²) >= 11 is 13.5. The summed E-state index contributed by atoms with van der Waals surface area (Å²) in [6, 6.07) is 12.5. The lowest BCUT2D eigenvalue weighted by atomic mass is 10.2. The van der Waals surface area contributed by atoms with Crippen LogP contribution in [0, 0.1) is 9.49 Å². The average Bonchev–Trinajstić information content (AvgIpc) is 2.56. The lowest BCUT2D eigenvalue weighted by molar-refractivity contribution is 0.0977. The number of hydrogen-bond acceptors (Lipinski definition) is 3. The fourth-order valence-corrected chi connectivity index (χ4v) is 3.02. The summed E-state index contributed by atoms with van der Waals surface area (Å²) in [4.78, 5) is 12.3. The van der Waals surface area contributed by atoms with Gasteiger partial charge in [0.15, 0.2) is 5.11 Å². The predicted octanol–water partition coefficient (Wildman–Crippen LogP) is 5.11. The zero-order chi connectivity index (χ0) is 18.4. The Morgan fingerprint density at radius 3 is 2.72 bits per heavy atom. The largest absolute Gasteiger partial charge is 0.493 e. The Labute approximate surface area is 171 Å². The summed E-state index contributed by atoms with van der Waals surface area (Å²) in [5, 5.41) is 6.29. The molecular weight excluding hydrogens is 471 g/mol. The standard InChI is InChI=1S/C18H18ClIN2O2S/c1-11(2)10-24-14-5-3-4-12(8-14)17(23)22-18(25)21-16-7-6-13(20)9-15(16)19/h3-9,11H,10H2,1-2H3,(H2,21,22,23,25). The van der Waals surface area contributed by atoms with E-state index in [1.54, 1.807) is 18.2 Å². The van der Waals surface area contributed by atoms with Crippen LogP contribution in [0.3, 0.4) is 0 Å². The van der Waals surface area contributed by atoms with Crippen molar-refractivity contribution in [2.75, 3.05) is 11.9 Å². The Hall–Kier alpha value is -1.38. The van der Waals surface area contributed by atoms with Crippen molar-refractivity contribution in [2.45, 2.75) is 13.8 Å². The highest BCUT2D eigenvalue weighted by Crippen LogP contribution is 2.23. The number of thiocarbonyl (C=S) groups is 1. The second kappa shape index (κ2) is 9.35. The van der Waals surface area contributed by atoms with Gasteiger partial charge < -0.3 is 10.1 Å². The molecule has 0 aliphatic rings. The lowest BCUT2D eigenvalue weighted by Gasteiger charge is -2.12. The summed E-state index contributed by atoms with van der Waals surface area (Å²) in [6.45, 7) is 4.73. The maximum Gasteiger partial charge on any atom is 0.257 e. The first-order valence-corrected chi connectivity index (χ1v) is 9.52. The molecule has 132 valence electrons. The maximum absolute atomic E-state index is 12.3. The predicted molar refractivity (Wildman–Crippen MR) is 115 cm³/mol. The number of amides is 1. The number of carbonyl (C=O) groups is 1. The number of benzene rings is 2. The number of hydrogen-bond donors (Lipinski definition) is 2. The highest BCUT2D eigenvalue weighted by atomic mass is 127. The van der Waals surface area contributed by atoms with Crippen LogP contribution in [-0.4, -0.2) is 17.6 Å². The lowest BCUT2D eigenvalue weighted by Crippen LogP contribution is -2.34. The molecule has 0 saturated carbocycles. The summed E-state index contributed by atoms with van der Waals surface area (Å²) in [5.74, 6) is 0.753. The Morgan fingerprint density at radius 2 is 2.04 bits per heavy atom. The Balaban J connectivity index is 1.99. The molecule has 0 aromatic heterocycles. The molecule has 2 aromatic carbocycles. The Morgan fingerprint density at radius 1 is 1.28 bits per heavy atom. The third-order valence-corrected chi connectivity index (χ3v) is 4.27. The van der Waals surface area contributed by atoms with Gasteiger partial charge >= 0.3 is 0 Å². The Kier molecular flexibility index (Phi) is 7.46. The molecule has 4 nitrogen and oxygen atoms in total. The second-order valence-electron chi connectivity index (χ2n) is 5.77. The molecule has 0 spiro atoms. The smallest absolute Gasteiger partial charge is 0.257 e. The summed E-state index contributed by atoms with van der Waals surface area (Å²) in [7, 11) is 0. The number of rotatable bonds is 5. The van der Waals surface area contributed by atoms with Gasteiger partial charge in [-0.05, 0) is 77.1 Å². The topological polar surface area (TPSA) is 50.4 Å². The van der Waals surface area contributed by atoms with Crippen LogP contribution in [0.1, 0.15) is 24.2 Å². The average molecular weight is 489 g/mol. The molecule has 0 unspecified atom stereocenters. The zero-order valence-electron chi connectivity index (χ0n) is 13.8. The molecule has 0 aliphatic carbocycles. The molecule has 7 heteroatoms. The van der Waals surface area contributed by atoms with Crippen LogP contribution in [0.15, 0.2) is 42.5 Å². The monoisotopic (exact) mass is 488 g/mol. The van der Waals surface area contributed by atoms with Gasteiger partial charge in [-0.15, -0.1) is 0 Å². The van der Waals surface area contributed by atoms with E-state index in [1.807, 2.05) is 24.3 Å². The molecule has 0 bridgehead atoms. The molecule has 2 rings (SSSR count). The van der Waals surface area contributed by atoms with Crippen molar-refractivity contribution in [3.8, 4) is 5.75 Å². The SMILES string of the molecule is CC(C)COc1cccc(C(=O)NC(=S)Nc2ccc(I)cc2Cl)c1. The van der Waals surface area contributed by atoms with Gasteiger partial charge in [0, 0.05) is 9.13 Å². The third kappa shape index (κ3) is 6.45. The normalized spacial score (nSPS) is 10.4. The van der Waals surface area contributed by atoms with Crippen molar-refractivity contribution in [1.82, 2.24) is 5.32 Å². The van der Waals surface area contributed by atoms with E-state index in [0.29, 0.717) is 34.5 Å². The summed E-state index contributed by atoms with van der Waals surface area (Å²) in [5.41, 5.74) is 1.11. The molecule has 0 atom stereocenters. The van der Waals surface area contributed by atoms with Crippen LogP contribution in [-0.2, 0) is 0 Å². The third-order valence-electron chi connectivity index (χ3n) is 3.09. The summed E-state index contributed by atoms with van der Waals surface area (Å²) < 4.78 is 6.65. The van der Waals surface area contributed by atoms with Crippen molar-refractivity contribution in [1.29, 1.82) is 0 Å². The van der Waals surface area contributed by atoms with Crippen molar-refractivity contribution in [3.63, 3.8) is 0 Å². The highest BCUT2D eigenvalue weighted by molar-refractivity contribution is 14.1. The van der Waals surface area contributed by atoms with Crippen LogP contribution >= 0.6 is 46.4 Å². The molecule has 25 heavy (non-hydrogen) atoms. The van der Waals surface area contributed by atoms with Crippen LogP contribution in [0.5, 0.6) is 5.75 Å². The van der Waals surface area contributed by atoms with Crippen LogP contribution < -0.4 is 15.4 Å². The molecule has 2 aromatic rings. The highest BCUT2D eigenvalue weighted by Gasteiger charge is 2.10. The number of nitrogens with one attached hydrogen (secondary N) is 2. The fraction of sp³-hybridized carbons (Fsp3) is 0.222. The van der Waals surface area contributed by atoms with Crippen LogP contribution in [0.2, 0.25) is 5.02 Å². The molecule has 2 N–H and O–H groups in total. The van der Waals surface area contributed by atoms with Crippen LogP contribution in [0.4, 0.5) is 5.69 Å². The van der Waals surface area contributed by atoms with E-state index in [4.69, 9.17) is 28.6 Å². The number of halogens is 2. The minimum Gasteiger partial charge on any atom is -0.493 e. The van der Waals surface area contributed by atoms with Crippen molar-refractivity contribution in [2.24, 2.45) is 5.92 Å². The van der Waals surface area contributed by atoms with E-state index in [2.05, 4.69) is 47.1 Å². The van der Waals surface area contributed by atoms with E-state index >= 15 is 0 Å². The van der Waals surface area contributed by atoms with E-state index in [0.717, 1.165) is 3.57 Å². The fourth-order valence-electron chi connectivity index (χ4n) is 1.91. The number of ether oxygens (including phenoxy) is 1. The summed E-state index contributed by atoms with van der Waals surface area (Å²) in [6.07, 6.45) is 0. The van der Waals surface area contributed by atoms with Gasteiger partial charge in [0.2, 0.25) is 0 Å². The van der Waals surface area contributed by atoms with Gasteiger partial charge in [0.05, 0.1) is 17.3 Å². The number of carbonyl (C=O) groups excluding carboxylic acids is 1. The zero-order valence-corrected chi connectivity index (χ0v) is 17.5. The van der Waals surface area contributed by atoms with E-state index in [-0.39, 0.29) is 11.0 Å². The molecule has 0 radical (unpaired) electrons. The van der Waals surface area contributed by atoms with Gasteiger partial charge in [-0.1, -0.05) is 31.5 Å². The second-order valence-corrected chi connectivity index (χ2v) is 7.83. The van der Waals surface area contributed by atoms with E-state index in [9.17, 15) is 4.79 Å². The van der Waals surface area contributed by atoms with E-state index in [1.165, 1.54) is 0 Å². The van der Waals surface area contributed by atoms with Gasteiger partial charge in [-0.3, -0.25) is 10.1 Å². The molecule has 0 saturated heterocycles. The van der Waals surface area contributed by atoms with Crippen molar-refractivity contribution < 1.29 is 9.53 Å². The molecule has 0 aliphatic heterocycles. The first-order chi connectivity index (χ1) is 11.8.